The molecule has 0 aliphatic heterocycles. The van der Waals surface area contributed by atoms with E-state index < -0.39 is 0 Å². The quantitative estimate of drug-likeness (QED) is 0.841. The second kappa shape index (κ2) is 6.43. The Morgan fingerprint density at radius 3 is 2.08 bits per heavy atom. The zero-order valence-electron chi connectivity index (χ0n) is 14.2. The molecule has 2 aromatic rings. The predicted octanol–water partition coefficient (Wildman–Crippen LogP) is 3.44. The summed E-state index contributed by atoms with van der Waals surface area (Å²) in [5.41, 5.74) is 2.33. The van der Waals surface area contributed by atoms with Gasteiger partial charge in [-0.05, 0) is 30.3 Å². The first-order valence-corrected chi connectivity index (χ1v) is 7.64. The Bertz CT molecular complexity index is 782. The maximum atomic E-state index is 12.6. The van der Waals surface area contributed by atoms with Crippen molar-refractivity contribution >= 4 is 5.78 Å². The standard InChI is InChI=1S/C19H20O5/c1-21-11-5-6-15(22-2)12(9-11)13-10-14(20)19-17(24-4)8-7-16(23-3)18(13)19/h5-9,13H,10H2,1-4H3. The highest BCUT2D eigenvalue weighted by molar-refractivity contribution is 6.05. The van der Waals surface area contributed by atoms with Crippen molar-refractivity contribution in [2.75, 3.05) is 28.4 Å². The first kappa shape index (κ1) is 16.2. The van der Waals surface area contributed by atoms with Crippen molar-refractivity contribution in [2.24, 2.45) is 0 Å². The van der Waals surface area contributed by atoms with Crippen LogP contribution < -0.4 is 18.9 Å². The fraction of sp³-hybridized carbons (Fsp3) is 0.316. The van der Waals surface area contributed by atoms with Gasteiger partial charge in [-0.25, -0.2) is 0 Å². The lowest BCUT2D eigenvalue weighted by Crippen LogP contribution is -2.03. The fourth-order valence-corrected chi connectivity index (χ4v) is 3.33. The highest BCUT2D eigenvalue weighted by Gasteiger charge is 2.37. The van der Waals surface area contributed by atoms with Crippen molar-refractivity contribution in [1.82, 2.24) is 0 Å². The zero-order chi connectivity index (χ0) is 17.3. The lowest BCUT2D eigenvalue weighted by atomic mass is 9.91. The monoisotopic (exact) mass is 328 g/mol. The average Bonchev–Trinajstić information content (AvgIpc) is 2.98. The summed E-state index contributed by atoms with van der Waals surface area (Å²) in [5.74, 6) is 2.55. The number of Topliss-reactive ketones (excluding diaryl/α,β-unsaturated/α-hetero) is 1. The molecule has 24 heavy (non-hydrogen) atoms. The van der Waals surface area contributed by atoms with Gasteiger partial charge in [0.2, 0.25) is 0 Å². The summed E-state index contributed by atoms with van der Waals surface area (Å²) in [6, 6.07) is 9.19. The molecule has 2 aromatic carbocycles. The maximum Gasteiger partial charge on any atom is 0.167 e. The van der Waals surface area contributed by atoms with E-state index in [4.69, 9.17) is 18.9 Å². The summed E-state index contributed by atoms with van der Waals surface area (Å²) in [6.45, 7) is 0. The minimum atomic E-state index is -0.164. The van der Waals surface area contributed by atoms with Crippen LogP contribution in [-0.2, 0) is 0 Å². The van der Waals surface area contributed by atoms with Crippen molar-refractivity contribution < 1.29 is 23.7 Å². The number of fused-ring (bicyclic) bond motifs is 1. The Hall–Kier alpha value is -2.69. The van der Waals surface area contributed by atoms with Gasteiger partial charge in [0.25, 0.3) is 0 Å². The van der Waals surface area contributed by atoms with Crippen LogP contribution in [0.1, 0.15) is 33.8 Å². The SMILES string of the molecule is COc1ccc(OC)c(C2CC(=O)c3c(OC)ccc(OC)c32)c1. The molecule has 1 unspecified atom stereocenters. The Kier molecular flexibility index (Phi) is 4.34. The number of rotatable bonds is 5. The van der Waals surface area contributed by atoms with E-state index in [-0.39, 0.29) is 11.7 Å². The van der Waals surface area contributed by atoms with E-state index in [9.17, 15) is 4.79 Å². The molecular formula is C19H20O5. The number of carbonyl (C=O) groups excluding carboxylic acids is 1. The molecule has 3 rings (SSSR count). The second-order valence-electron chi connectivity index (χ2n) is 5.55. The van der Waals surface area contributed by atoms with Crippen LogP contribution in [0.3, 0.4) is 0 Å². The molecule has 0 saturated carbocycles. The summed E-state index contributed by atoms with van der Waals surface area (Å²) < 4.78 is 21.7. The van der Waals surface area contributed by atoms with Gasteiger partial charge in [-0.1, -0.05) is 0 Å². The number of ether oxygens (including phenoxy) is 4. The third kappa shape index (κ3) is 2.46. The Labute approximate surface area is 141 Å². The van der Waals surface area contributed by atoms with E-state index in [1.165, 1.54) is 0 Å². The van der Waals surface area contributed by atoms with Gasteiger partial charge < -0.3 is 18.9 Å². The van der Waals surface area contributed by atoms with Crippen molar-refractivity contribution in [3.63, 3.8) is 0 Å². The van der Waals surface area contributed by atoms with Crippen molar-refractivity contribution in [2.45, 2.75) is 12.3 Å². The normalized spacial score (nSPS) is 15.8. The van der Waals surface area contributed by atoms with Gasteiger partial charge >= 0.3 is 0 Å². The first-order valence-electron chi connectivity index (χ1n) is 7.64. The van der Waals surface area contributed by atoms with Crippen LogP contribution in [0.25, 0.3) is 0 Å². The van der Waals surface area contributed by atoms with E-state index >= 15 is 0 Å². The third-order valence-electron chi connectivity index (χ3n) is 4.44. The molecule has 0 amide bonds. The Balaban J connectivity index is 2.23. The third-order valence-corrected chi connectivity index (χ3v) is 4.44. The number of hydrogen-bond donors (Lipinski definition) is 0. The van der Waals surface area contributed by atoms with Crippen molar-refractivity contribution in [3.8, 4) is 23.0 Å². The minimum Gasteiger partial charge on any atom is -0.497 e. The van der Waals surface area contributed by atoms with Gasteiger partial charge in [-0.3, -0.25) is 4.79 Å². The summed E-state index contributed by atoms with van der Waals surface area (Å²) in [6.07, 6.45) is 0.343. The Morgan fingerprint density at radius 2 is 1.46 bits per heavy atom. The van der Waals surface area contributed by atoms with Crippen molar-refractivity contribution in [1.29, 1.82) is 0 Å². The fourth-order valence-electron chi connectivity index (χ4n) is 3.33. The summed E-state index contributed by atoms with van der Waals surface area (Å²) >= 11 is 0. The van der Waals surface area contributed by atoms with E-state index in [1.54, 1.807) is 34.5 Å². The van der Waals surface area contributed by atoms with Crippen LogP contribution in [0.2, 0.25) is 0 Å². The first-order chi connectivity index (χ1) is 11.6. The second-order valence-corrected chi connectivity index (χ2v) is 5.55. The van der Waals surface area contributed by atoms with Crippen LogP contribution in [0.5, 0.6) is 23.0 Å². The smallest absolute Gasteiger partial charge is 0.167 e. The number of benzene rings is 2. The van der Waals surface area contributed by atoms with E-state index in [1.807, 2.05) is 24.3 Å². The number of methoxy groups -OCH3 is 4. The average molecular weight is 328 g/mol. The van der Waals surface area contributed by atoms with Gasteiger partial charge in [0.05, 0.1) is 34.0 Å². The molecule has 0 heterocycles. The lowest BCUT2D eigenvalue weighted by Gasteiger charge is -2.19. The topological polar surface area (TPSA) is 54.0 Å². The zero-order valence-corrected chi connectivity index (χ0v) is 14.2. The molecular weight excluding hydrogens is 308 g/mol. The van der Waals surface area contributed by atoms with Crippen molar-refractivity contribution in [3.05, 3.63) is 47.0 Å². The molecule has 126 valence electrons. The molecule has 1 aliphatic rings. The van der Waals surface area contributed by atoms with Crippen LogP contribution in [-0.4, -0.2) is 34.2 Å². The number of carbonyl (C=O) groups is 1. The highest BCUT2D eigenvalue weighted by atomic mass is 16.5. The molecule has 5 heteroatoms. The molecule has 0 saturated heterocycles. The van der Waals surface area contributed by atoms with Crippen LogP contribution >= 0.6 is 0 Å². The molecule has 0 fully saturated rings. The largest absolute Gasteiger partial charge is 0.497 e. The summed E-state index contributed by atoms with van der Waals surface area (Å²) in [7, 11) is 6.40. The predicted molar refractivity (Wildman–Crippen MR) is 89.9 cm³/mol. The van der Waals surface area contributed by atoms with Gasteiger partial charge in [0, 0.05) is 23.5 Å². The van der Waals surface area contributed by atoms with Crippen LogP contribution in [0.15, 0.2) is 30.3 Å². The highest BCUT2D eigenvalue weighted by Crippen LogP contribution is 2.49. The Morgan fingerprint density at radius 1 is 0.833 bits per heavy atom. The molecule has 0 radical (unpaired) electrons. The molecule has 1 aliphatic carbocycles. The summed E-state index contributed by atoms with van der Waals surface area (Å²) in [5, 5.41) is 0. The number of ketones is 1. The maximum absolute atomic E-state index is 12.6. The molecule has 0 spiro atoms. The minimum absolute atomic E-state index is 0.0376. The molecule has 0 aromatic heterocycles. The van der Waals surface area contributed by atoms with E-state index in [0.717, 1.165) is 11.1 Å². The van der Waals surface area contributed by atoms with Gasteiger partial charge in [0.15, 0.2) is 5.78 Å². The van der Waals surface area contributed by atoms with Crippen LogP contribution in [0, 0.1) is 0 Å². The van der Waals surface area contributed by atoms with Crippen LogP contribution in [0.4, 0.5) is 0 Å². The van der Waals surface area contributed by atoms with E-state index in [2.05, 4.69) is 0 Å². The lowest BCUT2D eigenvalue weighted by molar-refractivity contribution is 0.0988. The summed E-state index contributed by atoms with van der Waals surface area (Å²) in [4.78, 5) is 12.6. The van der Waals surface area contributed by atoms with Gasteiger partial charge in [-0.2, -0.15) is 0 Å². The van der Waals surface area contributed by atoms with E-state index in [0.29, 0.717) is 35.0 Å². The molecule has 0 N–H and O–H groups in total. The number of hydrogen-bond acceptors (Lipinski definition) is 5. The molecule has 5 nitrogen and oxygen atoms in total. The molecule has 1 atom stereocenters. The molecule has 0 bridgehead atoms. The van der Waals surface area contributed by atoms with Gasteiger partial charge in [-0.15, -0.1) is 0 Å². The van der Waals surface area contributed by atoms with Gasteiger partial charge in [0.1, 0.15) is 23.0 Å².